The Morgan fingerprint density at radius 2 is 1.45 bits per heavy atom. The van der Waals surface area contributed by atoms with Crippen molar-refractivity contribution >= 4 is 5.95 Å². The smallest absolute Gasteiger partial charge is 0.224 e. The second-order valence-corrected chi connectivity index (χ2v) is 4.29. The summed E-state index contributed by atoms with van der Waals surface area (Å²) in [6.07, 6.45) is 3.43. The fourth-order valence-corrected chi connectivity index (χ4v) is 1.72. The zero-order chi connectivity index (χ0) is 13.9. The molecule has 0 atom stereocenters. The summed E-state index contributed by atoms with van der Waals surface area (Å²) in [6.45, 7) is 1.92. The summed E-state index contributed by atoms with van der Waals surface area (Å²) in [6, 6.07) is 9.58. The van der Waals surface area contributed by atoms with E-state index in [0.29, 0.717) is 17.5 Å². The van der Waals surface area contributed by atoms with Gasteiger partial charge in [0.1, 0.15) is 0 Å². The van der Waals surface area contributed by atoms with Crippen LogP contribution in [0.2, 0.25) is 0 Å². The molecule has 2 N–H and O–H groups in total. The predicted octanol–water partition coefficient (Wildman–Crippen LogP) is 1.89. The summed E-state index contributed by atoms with van der Waals surface area (Å²) in [7, 11) is 0. The SMILES string of the molecule is Cc1cnc(-c2nc(N)nc(-c3ccccc3)n2)nc1. The van der Waals surface area contributed by atoms with Gasteiger partial charge in [-0.25, -0.2) is 15.0 Å². The first-order valence-corrected chi connectivity index (χ1v) is 6.08. The molecule has 0 bridgehead atoms. The van der Waals surface area contributed by atoms with Crippen LogP contribution in [0.15, 0.2) is 42.7 Å². The van der Waals surface area contributed by atoms with Crippen LogP contribution in [0, 0.1) is 6.92 Å². The summed E-state index contributed by atoms with van der Waals surface area (Å²) in [5, 5.41) is 0. The van der Waals surface area contributed by atoms with Crippen LogP contribution >= 0.6 is 0 Å². The first-order valence-electron chi connectivity index (χ1n) is 6.08. The maximum atomic E-state index is 5.75. The van der Waals surface area contributed by atoms with Crippen molar-refractivity contribution in [1.29, 1.82) is 0 Å². The number of anilines is 1. The molecule has 2 aromatic heterocycles. The van der Waals surface area contributed by atoms with Gasteiger partial charge >= 0.3 is 0 Å². The van der Waals surface area contributed by atoms with E-state index in [1.807, 2.05) is 37.3 Å². The summed E-state index contributed by atoms with van der Waals surface area (Å²) in [4.78, 5) is 21.0. The quantitative estimate of drug-likeness (QED) is 0.760. The standard InChI is InChI=1S/C14H12N6/c1-9-7-16-12(17-8-9)13-18-11(19-14(15)20-13)10-5-3-2-4-6-10/h2-8H,1H3,(H2,15,18,19,20). The molecule has 0 radical (unpaired) electrons. The van der Waals surface area contributed by atoms with Gasteiger partial charge in [-0.3, -0.25) is 0 Å². The molecule has 0 fully saturated rings. The molecule has 3 rings (SSSR count). The molecule has 3 aromatic rings. The Balaban J connectivity index is 2.09. The third-order valence-corrected chi connectivity index (χ3v) is 2.67. The van der Waals surface area contributed by atoms with E-state index in [-0.39, 0.29) is 5.95 Å². The fourth-order valence-electron chi connectivity index (χ4n) is 1.72. The minimum absolute atomic E-state index is 0.151. The van der Waals surface area contributed by atoms with Crippen LogP contribution in [-0.4, -0.2) is 24.9 Å². The third-order valence-electron chi connectivity index (χ3n) is 2.67. The largest absolute Gasteiger partial charge is 0.368 e. The van der Waals surface area contributed by atoms with Gasteiger partial charge in [0.05, 0.1) is 0 Å². The number of aryl methyl sites for hydroxylation is 1. The van der Waals surface area contributed by atoms with Gasteiger partial charge in [-0.2, -0.15) is 9.97 Å². The van der Waals surface area contributed by atoms with Crippen LogP contribution in [0.5, 0.6) is 0 Å². The highest BCUT2D eigenvalue weighted by Gasteiger charge is 2.10. The Hall–Kier alpha value is -2.89. The van der Waals surface area contributed by atoms with Crippen LogP contribution in [0.4, 0.5) is 5.95 Å². The summed E-state index contributed by atoms with van der Waals surface area (Å²) in [5.74, 6) is 1.47. The average molecular weight is 264 g/mol. The number of hydrogen-bond acceptors (Lipinski definition) is 6. The molecule has 1 aromatic carbocycles. The number of hydrogen-bond donors (Lipinski definition) is 1. The van der Waals surface area contributed by atoms with Crippen LogP contribution in [0.3, 0.4) is 0 Å². The highest BCUT2D eigenvalue weighted by atomic mass is 15.1. The van der Waals surface area contributed by atoms with Crippen molar-refractivity contribution in [2.75, 3.05) is 5.73 Å². The maximum Gasteiger partial charge on any atom is 0.224 e. The molecule has 98 valence electrons. The van der Waals surface area contributed by atoms with E-state index in [4.69, 9.17) is 5.73 Å². The van der Waals surface area contributed by atoms with E-state index in [0.717, 1.165) is 11.1 Å². The van der Waals surface area contributed by atoms with Crippen molar-refractivity contribution in [3.05, 3.63) is 48.3 Å². The minimum Gasteiger partial charge on any atom is -0.368 e. The fraction of sp³-hybridized carbons (Fsp3) is 0.0714. The lowest BCUT2D eigenvalue weighted by atomic mass is 10.2. The van der Waals surface area contributed by atoms with Crippen molar-refractivity contribution in [2.24, 2.45) is 0 Å². The lowest BCUT2D eigenvalue weighted by Crippen LogP contribution is -2.04. The number of nitrogens with zero attached hydrogens (tertiary/aromatic N) is 5. The zero-order valence-electron chi connectivity index (χ0n) is 10.9. The van der Waals surface area contributed by atoms with E-state index < -0.39 is 0 Å². The highest BCUT2D eigenvalue weighted by Crippen LogP contribution is 2.18. The number of benzene rings is 1. The molecule has 0 unspecified atom stereocenters. The second-order valence-electron chi connectivity index (χ2n) is 4.29. The predicted molar refractivity (Wildman–Crippen MR) is 75.4 cm³/mol. The Morgan fingerprint density at radius 1 is 0.800 bits per heavy atom. The Morgan fingerprint density at radius 3 is 2.15 bits per heavy atom. The molecular formula is C14H12N6. The van der Waals surface area contributed by atoms with Crippen molar-refractivity contribution < 1.29 is 0 Å². The number of aromatic nitrogens is 5. The molecule has 20 heavy (non-hydrogen) atoms. The summed E-state index contributed by atoms with van der Waals surface area (Å²) in [5.41, 5.74) is 7.59. The van der Waals surface area contributed by atoms with E-state index in [1.54, 1.807) is 12.4 Å². The molecule has 6 nitrogen and oxygen atoms in total. The summed E-state index contributed by atoms with van der Waals surface area (Å²) < 4.78 is 0. The number of nitrogens with two attached hydrogens (primary N) is 1. The second kappa shape index (κ2) is 5.00. The van der Waals surface area contributed by atoms with Gasteiger partial charge in [0, 0.05) is 18.0 Å². The van der Waals surface area contributed by atoms with Gasteiger partial charge in [-0.05, 0) is 12.5 Å². The molecule has 6 heteroatoms. The van der Waals surface area contributed by atoms with Crippen LogP contribution in [0.1, 0.15) is 5.56 Å². The molecule has 0 amide bonds. The average Bonchev–Trinajstić information content (AvgIpc) is 2.48. The topological polar surface area (TPSA) is 90.5 Å². The van der Waals surface area contributed by atoms with Gasteiger partial charge < -0.3 is 5.73 Å². The van der Waals surface area contributed by atoms with Crippen molar-refractivity contribution in [1.82, 2.24) is 24.9 Å². The van der Waals surface area contributed by atoms with E-state index in [2.05, 4.69) is 24.9 Å². The van der Waals surface area contributed by atoms with Gasteiger partial charge in [0.25, 0.3) is 0 Å². The van der Waals surface area contributed by atoms with Crippen molar-refractivity contribution in [2.45, 2.75) is 6.92 Å². The van der Waals surface area contributed by atoms with Gasteiger partial charge in [0.2, 0.25) is 11.8 Å². The molecular weight excluding hydrogens is 252 g/mol. The number of nitrogen functional groups attached to an aromatic ring is 1. The Labute approximate surface area is 115 Å². The van der Waals surface area contributed by atoms with Gasteiger partial charge in [-0.1, -0.05) is 30.3 Å². The molecule has 0 aliphatic carbocycles. The van der Waals surface area contributed by atoms with Crippen molar-refractivity contribution in [3.63, 3.8) is 0 Å². The lowest BCUT2D eigenvalue weighted by Gasteiger charge is -2.04. The minimum atomic E-state index is 0.151. The van der Waals surface area contributed by atoms with Gasteiger partial charge in [0.15, 0.2) is 11.6 Å². The lowest BCUT2D eigenvalue weighted by molar-refractivity contribution is 1.03. The first kappa shape index (κ1) is 12.2. The molecule has 0 aliphatic heterocycles. The van der Waals surface area contributed by atoms with Crippen LogP contribution in [0.25, 0.3) is 23.0 Å². The molecule has 0 saturated carbocycles. The Kier molecular flexibility index (Phi) is 3.04. The highest BCUT2D eigenvalue weighted by molar-refractivity contribution is 5.58. The summed E-state index contributed by atoms with van der Waals surface area (Å²) >= 11 is 0. The van der Waals surface area contributed by atoms with Crippen LogP contribution in [-0.2, 0) is 0 Å². The Bertz CT molecular complexity index is 724. The third kappa shape index (κ3) is 2.44. The molecule has 0 spiro atoms. The number of rotatable bonds is 2. The molecule has 0 aliphatic rings. The van der Waals surface area contributed by atoms with Crippen molar-refractivity contribution in [3.8, 4) is 23.0 Å². The normalized spacial score (nSPS) is 10.4. The first-order chi connectivity index (χ1) is 9.72. The van der Waals surface area contributed by atoms with E-state index in [1.165, 1.54) is 0 Å². The zero-order valence-corrected chi connectivity index (χ0v) is 10.9. The van der Waals surface area contributed by atoms with Gasteiger partial charge in [-0.15, -0.1) is 0 Å². The van der Waals surface area contributed by atoms with E-state index >= 15 is 0 Å². The van der Waals surface area contributed by atoms with Crippen LogP contribution < -0.4 is 5.73 Å². The van der Waals surface area contributed by atoms with E-state index in [9.17, 15) is 0 Å². The molecule has 0 saturated heterocycles. The molecule has 2 heterocycles. The maximum absolute atomic E-state index is 5.75. The monoisotopic (exact) mass is 264 g/mol.